The third kappa shape index (κ3) is 64.3. The molecule has 3 N–H and O–H groups in total. The summed E-state index contributed by atoms with van der Waals surface area (Å²) in [6.07, 6.45) is 48.3. The van der Waals surface area contributed by atoms with Gasteiger partial charge in [0.25, 0.3) is 0 Å². The molecule has 530 valence electrons. The number of esters is 4. The number of carbonyl (C=O) groups excluding carboxylic acids is 4. The molecule has 0 bridgehead atoms. The highest BCUT2D eigenvalue weighted by molar-refractivity contribution is 7.47. The summed E-state index contributed by atoms with van der Waals surface area (Å²) in [5.41, 5.74) is 0. The molecule has 0 saturated carbocycles. The fraction of sp³-hybridized carbons (Fsp3) is 0.887. The van der Waals surface area contributed by atoms with Crippen molar-refractivity contribution in [2.24, 2.45) is 17.8 Å². The highest BCUT2D eigenvalue weighted by Gasteiger charge is 2.30. The summed E-state index contributed by atoms with van der Waals surface area (Å²) < 4.78 is 68.2. The number of hydrogen-bond donors (Lipinski definition) is 3. The molecule has 5 atom stereocenters. The Morgan fingerprint density at radius 3 is 0.900 bits per heavy atom. The van der Waals surface area contributed by atoms with Crippen molar-refractivity contribution in [2.45, 2.75) is 349 Å². The summed E-state index contributed by atoms with van der Waals surface area (Å²) in [7, 11) is -9.91. The zero-order valence-corrected chi connectivity index (χ0v) is 59.9. The van der Waals surface area contributed by atoms with Crippen molar-refractivity contribution in [2.75, 3.05) is 39.6 Å². The lowest BCUT2D eigenvalue weighted by molar-refractivity contribution is -0.161. The van der Waals surface area contributed by atoms with Gasteiger partial charge in [-0.3, -0.25) is 37.3 Å². The smallest absolute Gasteiger partial charge is 0.462 e. The maximum Gasteiger partial charge on any atom is 0.472 e. The summed E-state index contributed by atoms with van der Waals surface area (Å²) in [5, 5.41) is 10.6. The van der Waals surface area contributed by atoms with Crippen LogP contribution in [0.5, 0.6) is 0 Å². The number of rotatable bonds is 67. The van der Waals surface area contributed by atoms with E-state index in [9.17, 15) is 43.2 Å². The van der Waals surface area contributed by atoms with Crippen molar-refractivity contribution in [1.82, 2.24) is 0 Å². The number of aliphatic hydroxyl groups excluding tert-OH is 1. The topological polar surface area (TPSA) is 237 Å². The molecule has 0 spiro atoms. The first-order valence-electron chi connectivity index (χ1n) is 36.2. The van der Waals surface area contributed by atoms with Crippen LogP contribution in [0.2, 0.25) is 0 Å². The van der Waals surface area contributed by atoms with E-state index in [0.29, 0.717) is 37.5 Å². The minimum Gasteiger partial charge on any atom is -0.462 e. The van der Waals surface area contributed by atoms with Gasteiger partial charge in [0.15, 0.2) is 12.2 Å². The number of ether oxygens (including phenoxy) is 4. The molecule has 0 aromatic carbocycles. The van der Waals surface area contributed by atoms with Gasteiger partial charge in [-0.1, -0.05) is 278 Å². The zero-order valence-electron chi connectivity index (χ0n) is 58.1. The van der Waals surface area contributed by atoms with E-state index >= 15 is 0 Å². The third-order valence-electron chi connectivity index (χ3n) is 15.8. The highest BCUT2D eigenvalue weighted by Crippen LogP contribution is 2.45. The molecule has 0 aromatic rings. The molecule has 0 rings (SSSR count). The van der Waals surface area contributed by atoms with Crippen molar-refractivity contribution in [1.29, 1.82) is 0 Å². The Morgan fingerprint density at radius 1 is 0.344 bits per heavy atom. The van der Waals surface area contributed by atoms with Crippen LogP contribution in [0.15, 0.2) is 24.3 Å². The molecular formula is C71H134O17P2. The van der Waals surface area contributed by atoms with Crippen molar-refractivity contribution in [3.05, 3.63) is 24.3 Å². The van der Waals surface area contributed by atoms with Crippen LogP contribution < -0.4 is 0 Å². The van der Waals surface area contributed by atoms with E-state index in [0.717, 1.165) is 115 Å². The summed E-state index contributed by atoms with van der Waals surface area (Å²) in [5.74, 6) is -0.00219. The minimum absolute atomic E-state index is 0.0837. The normalized spacial score (nSPS) is 14.4. The number of aliphatic hydroxyl groups is 1. The van der Waals surface area contributed by atoms with E-state index in [1.165, 1.54) is 122 Å². The monoisotopic (exact) mass is 1320 g/mol. The van der Waals surface area contributed by atoms with Crippen molar-refractivity contribution in [3.63, 3.8) is 0 Å². The molecule has 0 heterocycles. The maximum atomic E-state index is 13.0. The molecule has 19 heteroatoms. The average Bonchev–Trinajstić information content (AvgIpc) is 3.16. The molecule has 0 radical (unpaired) electrons. The second kappa shape index (κ2) is 61.4. The van der Waals surface area contributed by atoms with Crippen LogP contribution in [0.1, 0.15) is 331 Å². The Kier molecular flexibility index (Phi) is 59.7. The molecule has 90 heavy (non-hydrogen) atoms. The summed E-state index contributed by atoms with van der Waals surface area (Å²) >= 11 is 0. The third-order valence-corrected chi connectivity index (χ3v) is 17.7. The standard InChI is InChI=1S/C71H134O17P2/c1-8-9-10-11-12-13-14-15-16-19-23-26-31-40-47-54-70(75)87-66(58-82-69(74)53-46-39-32-27-29-36-43-50-63(4)5)60-85-89(77,78)83-56-65(72)57-84-90(79,80)86-61-67(88-71(76)55-48-41-34-33-37-44-51-64(6)7)59-81-68(73)52-45-38-30-25-22-20-17-18-21-24-28-35-42-49-62(2)3/h13-16,62-67,72H,8-12,17-61H2,1-7H3,(H,77,78)(H,79,80)/b14-13-,16-15-/t65?,66-,67-/m1/s1. The van der Waals surface area contributed by atoms with Gasteiger partial charge >= 0.3 is 39.5 Å². The van der Waals surface area contributed by atoms with Crippen molar-refractivity contribution >= 4 is 39.5 Å². The Morgan fingerprint density at radius 2 is 0.600 bits per heavy atom. The largest absolute Gasteiger partial charge is 0.472 e. The maximum absolute atomic E-state index is 13.0. The number of hydrogen-bond acceptors (Lipinski definition) is 15. The molecule has 0 aliphatic heterocycles. The molecule has 0 aliphatic carbocycles. The van der Waals surface area contributed by atoms with E-state index in [1.54, 1.807) is 0 Å². The predicted molar refractivity (Wildman–Crippen MR) is 363 cm³/mol. The minimum atomic E-state index is -4.96. The quantitative estimate of drug-likeness (QED) is 0.0169. The van der Waals surface area contributed by atoms with Gasteiger partial charge in [0, 0.05) is 25.7 Å². The second-order valence-corrected chi connectivity index (χ2v) is 29.3. The van der Waals surface area contributed by atoms with E-state index in [4.69, 9.17) is 37.0 Å². The molecule has 0 saturated heterocycles. The number of unbranched alkanes of at least 4 members (excludes halogenated alkanes) is 32. The van der Waals surface area contributed by atoms with Crippen molar-refractivity contribution in [3.8, 4) is 0 Å². The second-order valence-electron chi connectivity index (χ2n) is 26.4. The van der Waals surface area contributed by atoms with Gasteiger partial charge in [-0.15, -0.1) is 0 Å². The van der Waals surface area contributed by atoms with Gasteiger partial charge in [-0.2, -0.15) is 0 Å². The summed E-state index contributed by atoms with van der Waals surface area (Å²) in [6, 6.07) is 0. The lowest BCUT2D eigenvalue weighted by Gasteiger charge is -2.21. The summed E-state index contributed by atoms with van der Waals surface area (Å²) in [6.45, 7) is 11.7. The molecule has 3 unspecified atom stereocenters. The van der Waals surface area contributed by atoms with E-state index in [-0.39, 0.29) is 25.7 Å². The van der Waals surface area contributed by atoms with E-state index in [1.807, 2.05) is 0 Å². The molecule has 17 nitrogen and oxygen atoms in total. The fourth-order valence-corrected chi connectivity index (χ4v) is 11.8. The first kappa shape index (κ1) is 87.5. The fourth-order valence-electron chi connectivity index (χ4n) is 10.2. The van der Waals surface area contributed by atoms with Crippen LogP contribution in [0, 0.1) is 17.8 Å². The van der Waals surface area contributed by atoms with Gasteiger partial charge in [0.05, 0.1) is 26.4 Å². The SMILES string of the molecule is CCCCCC/C=C\C=C/CCCCCCCC(=O)O[C@H](COC(=O)CCCCCCCCCC(C)C)COP(=O)(O)OCC(O)COP(=O)(O)OC[C@@H](COC(=O)CCCCCCCCCCCCCCCC(C)C)OC(=O)CCCCCCCCC(C)C. The van der Waals surface area contributed by atoms with Crippen LogP contribution in [0.3, 0.4) is 0 Å². The molecular weight excluding hydrogens is 1190 g/mol. The molecule has 0 aliphatic rings. The summed E-state index contributed by atoms with van der Waals surface area (Å²) in [4.78, 5) is 72.5. The number of phosphoric ester groups is 2. The van der Waals surface area contributed by atoms with Gasteiger partial charge in [-0.05, 0) is 69.1 Å². The molecule has 0 aromatic heterocycles. The van der Waals surface area contributed by atoms with Crippen LogP contribution in [0.4, 0.5) is 0 Å². The highest BCUT2D eigenvalue weighted by atomic mass is 31.2. The van der Waals surface area contributed by atoms with Gasteiger partial charge in [0.1, 0.15) is 19.3 Å². The average molecular weight is 1320 g/mol. The first-order chi connectivity index (χ1) is 43.2. The van der Waals surface area contributed by atoms with Crippen molar-refractivity contribution < 1.29 is 80.2 Å². The molecule has 0 fully saturated rings. The van der Waals surface area contributed by atoms with Crippen LogP contribution in [-0.2, 0) is 65.4 Å². The molecule has 0 amide bonds. The first-order valence-corrected chi connectivity index (χ1v) is 39.2. The predicted octanol–water partition coefficient (Wildman–Crippen LogP) is 19.8. The van der Waals surface area contributed by atoms with E-state index in [2.05, 4.69) is 72.8 Å². The van der Waals surface area contributed by atoms with Crippen LogP contribution in [0.25, 0.3) is 0 Å². The van der Waals surface area contributed by atoms with Crippen LogP contribution in [-0.4, -0.2) is 96.7 Å². The Bertz CT molecular complexity index is 1860. The van der Waals surface area contributed by atoms with Gasteiger partial charge < -0.3 is 33.8 Å². The Hall–Kier alpha value is -2.46. The zero-order chi connectivity index (χ0) is 66.6. The Labute approximate surface area is 548 Å². The lowest BCUT2D eigenvalue weighted by atomic mass is 10.0. The van der Waals surface area contributed by atoms with Crippen LogP contribution >= 0.6 is 15.6 Å². The number of allylic oxidation sites excluding steroid dienone is 4. The Balaban J connectivity index is 5.23. The van der Waals surface area contributed by atoms with E-state index < -0.39 is 97.5 Å². The lowest BCUT2D eigenvalue weighted by Crippen LogP contribution is -2.30. The van der Waals surface area contributed by atoms with Gasteiger partial charge in [-0.25, -0.2) is 9.13 Å². The number of phosphoric acid groups is 2. The number of carbonyl (C=O) groups is 4. The van der Waals surface area contributed by atoms with Gasteiger partial charge in [0.2, 0.25) is 0 Å².